The fourth-order valence-electron chi connectivity index (χ4n) is 2.10. The van der Waals surface area contributed by atoms with Crippen molar-refractivity contribution in [1.82, 2.24) is 0 Å². The van der Waals surface area contributed by atoms with Gasteiger partial charge in [-0.3, -0.25) is 9.59 Å². The number of hydrogen-bond donors (Lipinski definition) is 3. The lowest BCUT2D eigenvalue weighted by Crippen LogP contribution is -2.19. The van der Waals surface area contributed by atoms with Gasteiger partial charge in [-0.05, 0) is 43.5 Å². The fraction of sp³-hybridized carbons (Fsp3) is 0.385. The van der Waals surface area contributed by atoms with E-state index in [9.17, 15) is 18.0 Å². The summed E-state index contributed by atoms with van der Waals surface area (Å²) in [5.41, 5.74) is 1.71. The molecule has 0 radical (unpaired) electrons. The number of aliphatic carboxylic acids is 1. The van der Waals surface area contributed by atoms with Crippen LogP contribution in [0.3, 0.4) is 0 Å². The molecule has 0 saturated heterocycles. The molecule has 8 heteroatoms. The third-order valence-electron chi connectivity index (χ3n) is 3.67. The first-order valence-corrected chi connectivity index (χ1v) is 7.83. The topological polar surface area (TPSA) is 127 Å². The molecule has 0 aliphatic heterocycles. The average molecular weight is 312 g/mol. The van der Waals surface area contributed by atoms with E-state index in [-0.39, 0.29) is 4.90 Å². The van der Waals surface area contributed by atoms with E-state index in [0.29, 0.717) is 23.2 Å². The Morgan fingerprint density at radius 2 is 1.90 bits per heavy atom. The van der Waals surface area contributed by atoms with Crippen LogP contribution in [-0.4, -0.2) is 25.4 Å². The second-order valence-electron chi connectivity index (χ2n) is 5.23. The lowest BCUT2D eigenvalue weighted by molar-refractivity contribution is -0.139. The summed E-state index contributed by atoms with van der Waals surface area (Å²) < 4.78 is 22.8. The first kappa shape index (κ1) is 15.5. The highest BCUT2D eigenvalue weighted by Gasteiger charge is 2.48. The molecule has 2 unspecified atom stereocenters. The Balaban J connectivity index is 2.26. The van der Waals surface area contributed by atoms with Gasteiger partial charge in [-0.2, -0.15) is 0 Å². The Morgan fingerprint density at radius 3 is 2.38 bits per heavy atom. The molecule has 1 aliphatic carbocycles. The first-order chi connectivity index (χ1) is 9.61. The first-order valence-electron chi connectivity index (χ1n) is 6.29. The quantitative estimate of drug-likeness (QED) is 0.750. The molecule has 1 saturated carbocycles. The Bertz CT molecular complexity index is 726. The maximum Gasteiger partial charge on any atom is 0.307 e. The number of nitrogens with two attached hydrogens (primary N) is 1. The molecule has 1 aromatic carbocycles. The van der Waals surface area contributed by atoms with Gasteiger partial charge < -0.3 is 10.4 Å². The fourth-order valence-corrected chi connectivity index (χ4v) is 2.73. The van der Waals surface area contributed by atoms with Crippen molar-refractivity contribution in [3.8, 4) is 0 Å². The van der Waals surface area contributed by atoms with Crippen molar-refractivity contribution in [3.05, 3.63) is 23.3 Å². The smallest absolute Gasteiger partial charge is 0.307 e. The summed E-state index contributed by atoms with van der Waals surface area (Å²) >= 11 is 0. The van der Waals surface area contributed by atoms with E-state index in [1.807, 2.05) is 0 Å². The number of nitrogens with one attached hydrogen (secondary N) is 1. The Morgan fingerprint density at radius 1 is 1.29 bits per heavy atom. The number of anilines is 1. The standard InChI is InChI=1S/C13H16N2O5S/c1-6-3-8(21(14,19)20)4-11(7(6)2)15-12(16)9-5-10(9)13(17)18/h3-4,9-10H,5H2,1-2H3,(H,15,16)(H,17,18)(H2,14,19,20). The molecule has 2 rings (SSSR count). The van der Waals surface area contributed by atoms with Crippen LogP contribution < -0.4 is 10.5 Å². The molecule has 2 atom stereocenters. The molecule has 4 N–H and O–H groups in total. The van der Waals surface area contributed by atoms with Gasteiger partial charge in [-0.25, -0.2) is 13.6 Å². The van der Waals surface area contributed by atoms with E-state index in [0.717, 1.165) is 0 Å². The number of rotatable bonds is 4. The lowest BCUT2D eigenvalue weighted by Gasteiger charge is -2.12. The van der Waals surface area contributed by atoms with Crippen molar-refractivity contribution in [3.63, 3.8) is 0 Å². The summed E-state index contributed by atoms with van der Waals surface area (Å²) in [5.74, 6) is -2.65. The van der Waals surface area contributed by atoms with E-state index >= 15 is 0 Å². The van der Waals surface area contributed by atoms with Gasteiger partial charge in [-0.15, -0.1) is 0 Å². The predicted octanol–water partition coefficient (Wildman–Crippen LogP) is 0.610. The molecule has 1 aromatic rings. The molecule has 114 valence electrons. The highest BCUT2D eigenvalue weighted by Crippen LogP contribution is 2.39. The van der Waals surface area contributed by atoms with Crippen LogP contribution in [0.2, 0.25) is 0 Å². The molecule has 7 nitrogen and oxygen atoms in total. The number of benzene rings is 1. The van der Waals surface area contributed by atoms with Crippen molar-refractivity contribution in [2.75, 3.05) is 5.32 Å². The third kappa shape index (κ3) is 3.22. The van der Waals surface area contributed by atoms with Crippen LogP contribution in [-0.2, 0) is 19.6 Å². The van der Waals surface area contributed by atoms with Crippen LogP contribution in [0.25, 0.3) is 0 Å². The molecule has 1 aliphatic rings. The molecule has 0 heterocycles. The van der Waals surface area contributed by atoms with Crippen LogP contribution in [0.1, 0.15) is 17.5 Å². The van der Waals surface area contributed by atoms with Crippen molar-refractivity contribution in [1.29, 1.82) is 0 Å². The minimum Gasteiger partial charge on any atom is -0.481 e. The van der Waals surface area contributed by atoms with Gasteiger partial charge in [0.05, 0.1) is 16.7 Å². The zero-order valence-corrected chi connectivity index (χ0v) is 12.4. The number of hydrogen-bond acceptors (Lipinski definition) is 4. The number of carboxylic acids is 1. The summed E-state index contributed by atoms with van der Waals surface area (Å²) in [6.45, 7) is 3.44. The number of aryl methyl sites for hydroxylation is 1. The largest absolute Gasteiger partial charge is 0.481 e. The van der Waals surface area contributed by atoms with Gasteiger partial charge in [0, 0.05) is 5.69 Å². The van der Waals surface area contributed by atoms with Crippen molar-refractivity contribution >= 4 is 27.6 Å². The van der Waals surface area contributed by atoms with Gasteiger partial charge >= 0.3 is 5.97 Å². The second-order valence-corrected chi connectivity index (χ2v) is 6.80. The van der Waals surface area contributed by atoms with Crippen molar-refractivity contribution in [2.24, 2.45) is 17.0 Å². The molecule has 1 fully saturated rings. The van der Waals surface area contributed by atoms with Gasteiger partial charge in [0.1, 0.15) is 0 Å². The normalized spacial score (nSPS) is 20.9. The number of carbonyl (C=O) groups excluding carboxylic acids is 1. The Kier molecular flexibility index (Phi) is 3.77. The number of sulfonamides is 1. The van der Waals surface area contributed by atoms with Crippen LogP contribution in [0.5, 0.6) is 0 Å². The van der Waals surface area contributed by atoms with Crippen LogP contribution in [0, 0.1) is 25.7 Å². The summed E-state index contributed by atoms with van der Waals surface area (Å²) in [4.78, 5) is 22.6. The molecule has 1 amide bonds. The number of amides is 1. The Hall–Kier alpha value is -1.93. The predicted molar refractivity (Wildman–Crippen MR) is 75.2 cm³/mol. The molecular formula is C13H16N2O5S. The van der Waals surface area contributed by atoms with Crippen molar-refractivity contribution < 1.29 is 23.1 Å². The van der Waals surface area contributed by atoms with Crippen LogP contribution >= 0.6 is 0 Å². The highest BCUT2D eigenvalue weighted by atomic mass is 32.2. The SMILES string of the molecule is Cc1cc(S(N)(=O)=O)cc(NC(=O)C2CC2C(=O)O)c1C. The zero-order valence-electron chi connectivity index (χ0n) is 11.6. The highest BCUT2D eigenvalue weighted by molar-refractivity contribution is 7.89. The number of carbonyl (C=O) groups is 2. The van der Waals surface area contributed by atoms with Crippen LogP contribution in [0.15, 0.2) is 17.0 Å². The molecular weight excluding hydrogens is 296 g/mol. The molecule has 0 spiro atoms. The van der Waals surface area contributed by atoms with Crippen LogP contribution in [0.4, 0.5) is 5.69 Å². The van der Waals surface area contributed by atoms with Gasteiger partial charge in [0.2, 0.25) is 15.9 Å². The maximum absolute atomic E-state index is 12.0. The minimum atomic E-state index is -3.87. The van der Waals surface area contributed by atoms with Crippen molar-refractivity contribution in [2.45, 2.75) is 25.2 Å². The van der Waals surface area contributed by atoms with E-state index in [1.54, 1.807) is 13.8 Å². The summed E-state index contributed by atoms with van der Waals surface area (Å²) in [7, 11) is -3.87. The molecule has 0 aromatic heterocycles. The van der Waals surface area contributed by atoms with E-state index < -0.39 is 33.7 Å². The summed E-state index contributed by atoms with van der Waals surface area (Å²) in [6.07, 6.45) is 0.300. The molecule has 0 bridgehead atoms. The maximum atomic E-state index is 12.0. The zero-order chi connectivity index (χ0) is 15.9. The van der Waals surface area contributed by atoms with E-state index in [1.165, 1.54) is 12.1 Å². The van der Waals surface area contributed by atoms with Gasteiger partial charge in [0.15, 0.2) is 0 Å². The third-order valence-corrected chi connectivity index (χ3v) is 4.56. The minimum absolute atomic E-state index is 0.0912. The average Bonchev–Trinajstić information content (AvgIpc) is 3.13. The monoisotopic (exact) mass is 312 g/mol. The van der Waals surface area contributed by atoms with Gasteiger partial charge in [-0.1, -0.05) is 0 Å². The molecule has 21 heavy (non-hydrogen) atoms. The summed E-state index contributed by atoms with van der Waals surface area (Å²) in [5, 5.41) is 16.5. The second kappa shape index (κ2) is 5.12. The number of primary sulfonamides is 1. The van der Waals surface area contributed by atoms with Gasteiger partial charge in [0.25, 0.3) is 0 Å². The lowest BCUT2D eigenvalue weighted by atomic mass is 10.1. The Labute approximate surface area is 122 Å². The van der Waals surface area contributed by atoms with E-state index in [2.05, 4.69) is 5.32 Å². The summed E-state index contributed by atoms with van der Waals surface area (Å²) in [6, 6.07) is 2.71. The van der Waals surface area contributed by atoms with E-state index in [4.69, 9.17) is 10.2 Å². The number of carboxylic acid groups (broad SMARTS) is 1.